The fourth-order valence-electron chi connectivity index (χ4n) is 2.83. The molecule has 0 unspecified atom stereocenters. The summed E-state index contributed by atoms with van der Waals surface area (Å²) in [4.78, 5) is 0. The number of methoxy groups -OCH3 is 1. The third-order valence-electron chi connectivity index (χ3n) is 3.79. The van der Waals surface area contributed by atoms with E-state index < -0.39 is 0 Å². The molecule has 1 aliphatic rings. The summed E-state index contributed by atoms with van der Waals surface area (Å²) >= 11 is 0. The Morgan fingerprint density at radius 3 is 2.53 bits per heavy atom. The molecule has 4 nitrogen and oxygen atoms in total. The Morgan fingerprint density at radius 1 is 1.26 bits per heavy atom. The molecule has 19 heavy (non-hydrogen) atoms. The fraction of sp³-hybridized carbons (Fsp3) is 0.533. The Kier molecular flexibility index (Phi) is 4.43. The molecule has 0 saturated heterocycles. The Morgan fingerprint density at radius 2 is 1.95 bits per heavy atom. The lowest BCUT2D eigenvalue weighted by atomic mass is 9.78. The van der Waals surface area contributed by atoms with Crippen LogP contribution in [0.4, 0.5) is 0 Å². The van der Waals surface area contributed by atoms with Gasteiger partial charge in [-0.3, -0.25) is 0 Å². The molecule has 4 heteroatoms. The largest absolute Gasteiger partial charge is 0.496 e. The van der Waals surface area contributed by atoms with Gasteiger partial charge in [0.15, 0.2) is 0 Å². The van der Waals surface area contributed by atoms with Crippen LogP contribution in [-0.4, -0.2) is 24.6 Å². The molecule has 0 amide bonds. The quantitative estimate of drug-likeness (QED) is 0.669. The Hall–Kier alpha value is -1.55. The van der Waals surface area contributed by atoms with Gasteiger partial charge in [0.1, 0.15) is 5.75 Å². The van der Waals surface area contributed by atoms with Gasteiger partial charge in [0.05, 0.1) is 18.4 Å². The molecule has 1 aliphatic carbocycles. The number of rotatable bonds is 4. The summed E-state index contributed by atoms with van der Waals surface area (Å²) in [5, 5.41) is 12.2. The van der Waals surface area contributed by atoms with Crippen molar-refractivity contribution in [2.45, 2.75) is 38.2 Å². The molecular formula is C15H21NO3. The van der Waals surface area contributed by atoms with E-state index in [-0.39, 0.29) is 5.60 Å². The monoisotopic (exact) mass is 263 g/mol. The van der Waals surface area contributed by atoms with Crippen LogP contribution in [0.5, 0.6) is 5.75 Å². The van der Waals surface area contributed by atoms with E-state index in [4.69, 9.17) is 14.7 Å². The van der Waals surface area contributed by atoms with Crippen LogP contribution >= 0.6 is 0 Å². The summed E-state index contributed by atoms with van der Waals surface area (Å²) < 4.78 is 11.5. The van der Waals surface area contributed by atoms with Crippen molar-refractivity contribution >= 4 is 5.71 Å². The number of hydrogen-bond donors (Lipinski definition) is 1. The molecule has 1 fully saturated rings. The van der Waals surface area contributed by atoms with Crippen molar-refractivity contribution in [3.05, 3.63) is 29.8 Å². The molecule has 0 aromatic heterocycles. The van der Waals surface area contributed by atoms with E-state index in [1.54, 1.807) is 7.11 Å². The van der Waals surface area contributed by atoms with E-state index in [0.717, 1.165) is 42.7 Å². The highest BCUT2D eigenvalue weighted by Crippen LogP contribution is 2.43. The van der Waals surface area contributed by atoms with Gasteiger partial charge in [-0.15, -0.1) is 0 Å². The first-order valence-corrected chi connectivity index (χ1v) is 6.73. The van der Waals surface area contributed by atoms with Crippen LogP contribution in [0.1, 0.15) is 38.2 Å². The summed E-state index contributed by atoms with van der Waals surface area (Å²) in [6.07, 6.45) is 3.16. The summed E-state index contributed by atoms with van der Waals surface area (Å²) in [5.74, 6) is 0.861. The zero-order valence-corrected chi connectivity index (χ0v) is 11.6. The Balaban J connectivity index is 2.34. The van der Waals surface area contributed by atoms with Gasteiger partial charge in [-0.05, 0) is 38.7 Å². The lowest BCUT2D eigenvalue weighted by Gasteiger charge is -2.38. The van der Waals surface area contributed by atoms with Crippen molar-refractivity contribution in [1.82, 2.24) is 0 Å². The minimum absolute atomic E-state index is 0.324. The number of nitrogens with zero attached hydrogens (tertiary/aromatic N) is 1. The van der Waals surface area contributed by atoms with Gasteiger partial charge in [-0.2, -0.15) is 0 Å². The van der Waals surface area contributed by atoms with Gasteiger partial charge in [0, 0.05) is 12.2 Å². The van der Waals surface area contributed by atoms with Crippen molar-refractivity contribution < 1.29 is 14.7 Å². The average molecular weight is 263 g/mol. The fourth-order valence-corrected chi connectivity index (χ4v) is 2.83. The highest BCUT2D eigenvalue weighted by molar-refractivity contribution is 5.85. The second-order valence-electron chi connectivity index (χ2n) is 4.79. The van der Waals surface area contributed by atoms with Gasteiger partial charge in [-0.25, -0.2) is 0 Å². The number of benzene rings is 1. The van der Waals surface area contributed by atoms with Crippen molar-refractivity contribution in [1.29, 1.82) is 0 Å². The Labute approximate surface area is 114 Å². The first kappa shape index (κ1) is 13.9. The smallest absolute Gasteiger partial charge is 0.124 e. The van der Waals surface area contributed by atoms with Crippen LogP contribution in [0.25, 0.3) is 0 Å². The number of para-hydroxylation sites is 1. The van der Waals surface area contributed by atoms with Gasteiger partial charge < -0.3 is 14.7 Å². The lowest BCUT2D eigenvalue weighted by molar-refractivity contribution is -0.0606. The standard InChI is InChI=1S/C15H21NO3/c1-3-19-15(10-8-12(16-17)9-11-15)13-6-4-5-7-14(13)18-2/h4-7,17H,3,8-11H2,1-2H3. The topological polar surface area (TPSA) is 51.0 Å². The van der Waals surface area contributed by atoms with E-state index in [2.05, 4.69) is 11.2 Å². The molecule has 1 aromatic rings. The molecule has 1 N–H and O–H groups in total. The van der Waals surface area contributed by atoms with E-state index in [0.29, 0.717) is 6.61 Å². The summed E-state index contributed by atoms with van der Waals surface area (Å²) in [6, 6.07) is 8.00. The molecule has 0 aliphatic heterocycles. The number of oxime groups is 1. The first-order valence-electron chi connectivity index (χ1n) is 6.73. The van der Waals surface area contributed by atoms with Crippen molar-refractivity contribution in [2.75, 3.05) is 13.7 Å². The zero-order valence-electron chi connectivity index (χ0n) is 11.6. The van der Waals surface area contributed by atoms with Gasteiger partial charge in [0.25, 0.3) is 0 Å². The van der Waals surface area contributed by atoms with Crippen LogP contribution in [0.2, 0.25) is 0 Å². The molecule has 0 atom stereocenters. The van der Waals surface area contributed by atoms with Crippen LogP contribution in [0.15, 0.2) is 29.4 Å². The molecule has 1 aromatic carbocycles. The maximum Gasteiger partial charge on any atom is 0.124 e. The highest BCUT2D eigenvalue weighted by atomic mass is 16.5. The molecular weight excluding hydrogens is 242 g/mol. The SMILES string of the molecule is CCOC1(c2ccccc2OC)CCC(=NO)CC1. The van der Waals surface area contributed by atoms with Gasteiger partial charge in [0.2, 0.25) is 0 Å². The highest BCUT2D eigenvalue weighted by Gasteiger charge is 2.38. The second-order valence-corrected chi connectivity index (χ2v) is 4.79. The first-order chi connectivity index (χ1) is 9.25. The van der Waals surface area contributed by atoms with E-state index in [1.165, 1.54) is 0 Å². The summed E-state index contributed by atoms with van der Waals surface area (Å²) in [7, 11) is 1.68. The molecule has 0 heterocycles. The normalized spacial score (nSPS) is 23.2. The van der Waals surface area contributed by atoms with Crippen molar-refractivity contribution in [2.24, 2.45) is 5.16 Å². The number of hydrogen-bond acceptors (Lipinski definition) is 4. The lowest BCUT2D eigenvalue weighted by Crippen LogP contribution is -2.35. The zero-order chi connectivity index (χ0) is 13.7. The predicted octanol–water partition coefficient (Wildman–Crippen LogP) is 3.33. The maximum absolute atomic E-state index is 8.88. The van der Waals surface area contributed by atoms with Crippen LogP contribution < -0.4 is 4.74 Å². The van der Waals surface area contributed by atoms with Gasteiger partial charge >= 0.3 is 0 Å². The molecule has 2 rings (SSSR count). The van der Waals surface area contributed by atoms with Crippen LogP contribution in [-0.2, 0) is 10.3 Å². The molecule has 1 saturated carbocycles. The van der Waals surface area contributed by atoms with Gasteiger partial charge in [-0.1, -0.05) is 23.4 Å². The third-order valence-corrected chi connectivity index (χ3v) is 3.79. The second kappa shape index (κ2) is 6.06. The summed E-state index contributed by atoms with van der Waals surface area (Å²) in [5.41, 5.74) is 1.62. The van der Waals surface area contributed by atoms with Crippen LogP contribution in [0.3, 0.4) is 0 Å². The van der Waals surface area contributed by atoms with Crippen LogP contribution in [0, 0.1) is 0 Å². The molecule has 0 bridgehead atoms. The average Bonchev–Trinajstić information content (AvgIpc) is 2.48. The minimum Gasteiger partial charge on any atom is -0.496 e. The number of ether oxygens (including phenoxy) is 2. The molecule has 0 spiro atoms. The maximum atomic E-state index is 8.88. The van der Waals surface area contributed by atoms with Crippen molar-refractivity contribution in [3.8, 4) is 5.75 Å². The van der Waals surface area contributed by atoms with E-state index in [9.17, 15) is 0 Å². The molecule has 104 valence electrons. The van der Waals surface area contributed by atoms with E-state index in [1.807, 2.05) is 25.1 Å². The predicted molar refractivity (Wildman–Crippen MR) is 74.0 cm³/mol. The van der Waals surface area contributed by atoms with Crippen molar-refractivity contribution in [3.63, 3.8) is 0 Å². The Bertz CT molecular complexity index is 446. The van der Waals surface area contributed by atoms with E-state index >= 15 is 0 Å². The minimum atomic E-state index is -0.324. The molecule has 0 radical (unpaired) electrons. The third kappa shape index (κ3) is 2.73. The summed E-state index contributed by atoms with van der Waals surface area (Å²) in [6.45, 7) is 2.66.